The van der Waals surface area contributed by atoms with Crippen molar-refractivity contribution in [1.82, 2.24) is 4.90 Å². The number of nitrogens with zero attached hydrogens (tertiary/aromatic N) is 2. The summed E-state index contributed by atoms with van der Waals surface area (Å²) in [6.07, 6.45) is -1.90. The fourth-order valence-corrected chi connectivity index (χ4v) is 4.26. The van der Waals surface area contributed by atoms with Gasteiger partial charge in [0.25, 0.3) is 0 Å². The van der Waals surface area contributed by atoms with Crippen molar-refractivity contribution in [2.45, 2.75) is 29.1 Å². The van der Waals surface area contributed by atoms with E-state index < -0.39 is 23.7 Å². The van der Waals surface area contributed by atoms with Gasteiger partial charge in [-0.2, -0.15) is 0 Å². The van der Waals surface area contributed by atoms with E-state index in [0.717, 1.165) is 18.7 Å². The Morgan fingerprint density at radius 1 is 1.25 bits per heavy atom. The Hall–Kier alpha value is -1.69. The summed E-state index contributed by atoms with van der Waals surface area (Å²) >= 11 is 0. The van der Waals surface area contributed by atoms with E-state index in [1.807, 2.05) is 43.3 Å². The summed E-state index contributed by atoms with van der Waals surface area (Å²) in [5.74, 6) is 0. The lowest BCUT2D eigenvalue weighted by molar-refractivity contribution is 0.199. The van der Waals surface area contributed by atoms with Crippen LogP contribution in [0.4, 0.5) is 11.4 Å². The van der Waals surface area contributed by atoms with Crippen molar-refractivity contribution in [3.63, 3.8) is 0 Å². The Kier molecular flexibility index (Phi) is 3.71. The highest BCUT2D eigenvalue weighted by molar-refractivity contribution is 7.85. The van der Waals surface area contributed by atoms with E-state index in [0.29, 0.717) is 22.0 Å². The normalized spacial score (nSPS) is 21.8. The second-order valence-electron chi connectivity index (χ2n) is 6.08. The molecule has 1 aliphatic heterocycles. The third-order valence-corrected chi connectivity index (χ3v) is 5.56. The molecule has 5 heteroatoms. The SMILES string of the molecule is [2H]C([2H])([2H])C([2H])(O)c1ccc2c(c1)N(CCCN(C)C)c1ccccc1S2=O. The van der Waals surface area contributed by atoms with E-state index in [9.17, 15) is 9.32 Å². The second-order valence-corrected chi connectivity index (χ2v) is 7.49. The molecule has 0 aliphatic carbocycles. The third kappa shape index (κ3) is 3.24. The Balaban J connectivity index is 2.10. The lowest BCUT2D eigenvalue weighted by Gasteiger charge is -2.33. The number of aliphatic hydroxyl groups is 1. The Morgan fingerprint density at radius 3 is 2.75 bits per heavy atom. The van der Waals surface area contributed by atoms with Crippen LogP contribution in [0.25, 0.3) is 0 Å². The first-order valence-electron chi connectivity index (χ1n) is 9.84. The molecule has 0 fully saturated rings. The quantitative estimate of drug-likeness (QED) is 0.900. The number of fused-ring (bicyclic) bond motifs is 2. The molecule has 1 aliphatic rings. The van der Waals surface area contributed by atoms with Crippen molar-refractivity contribution in [1.29, 1.82) is 0 Å². The molecule has 0 saturated carbocycles. The first-order valence-corrected chi connectivity index (χ1v) is 8.99. The van der Waals surface area contributed by atoms with Crippen LogP contribution in [-0.4, -0.2) is 41.4 Å². The molecule has 24 heavy (non-hydrogen) atoms. The molecule has 2 unspecified atom stereocenters. The van der Waals surface area contributed by atoms with Crippen molar-refractivity contribution >= 4 is 22.2 Å². The second kappa shape index (κ2) is 7.05. The minimum atomic E-state index is -2.90. The van der Waals surface area contributed by atoms with Gasteiger partial charge in [-0.15, -0.1) is 0 Å². The Morgan fingerprint density at radius 2 is 2.00 bits per heavy atom. The van der Waals surface area contributed by atoms with Crippen LogP contribution < -0.4 is 4.90 Å². The smallest absolute Gasteiger partial charge is 0.0892 e. The average Bonchev–Trinajstić information content (AvgIpc) is 2.63. The van der Waals surface area contributed by atoms with E-state index in [4.69, 9.17) is 5.48 Å². The van der Waals surface area contributed by atoms with E-state index in [1.54, 1.807) is 6.07 Å². The summed E-state index contributed by atoms with van der Waals surface area (Å²) in [5, 5.41) is 10.3. The molecule has 0 amide bonds. The zero-order valence-corrected chi connectivity index (χ0v) is 14.6. The van der Waals surface area contributed by atoms with E-state index >= 15 is 0 Å². The molecular formula is C19H24N2O2S. The van der Waals surface area contributed by atoms with Crippen molar-refractivity contribution in [3.8, 4) is 0 Å². The number of rotatable bonds is 5. The lowest BCUT2D eigenvalue weighted by Crippen LogP contribution is -2.27. The maximum Gasteiger partial charge on any atom is 0.0892 e. The predicted molar refractivity (Wildman–Crippen MR) is 98.4 cm³/mol. The zero-order valence-electron chi connectivity index (χ0n) is 17.8. The molecule has 2 atom stereocenters. The van der Waals surface area contributed by atoms with E-state index in [-0.39, 0.29) is 5.56 Å². The molecule has 0 aromatic heterocycles. The fourth-order valence-electron chi connectivity index (χ4n) is 2.90. The average molecular weight is 349 g/mol. The van der Waals surface area contributed by atoms with Gasteiger partial charge >= 0.3 is 0 Å². The first kappa shape index (κ1) is 12.6. The molecule has 128 valence electrons. The van der Waals surface area contributed by atoms with Gasteiger partial charge in [0.2, 0.25) is 0 Å². The summed E-state index contributed by atoms with van der Waals surface area (Å²) in [4.78, 5) is 5.31. The lowest BCUT2D eigenvalue weighted by atomic mass is 10.1. The van der Waals surface area contributed by atoms with Gasteiger partial charge in [0.1, 0.15) is 0 Å². The van der Waals surface area contributed by atoms with Gasteiger partial charge in [-0.1, -0.05) is 18.2 Å². The van der Waals surface area contributed by atoms with Crippen LogP contribution in [0.5, 0.6) is 0 Å². The van der Waals surface area contributed by atoms with E-state index in [1.165, 1.54) is 12.1 Å². The molecule has 0 saturated heterocycles. The van der Waals surface area contributed by atoms with Crippen LogP contribution in [0, 0.1) is 0 Å². The van der Waals surface area contributed by atoms with Crippen molar-refractivity contribution < 1.29 is 14.8 Å². The van der Waals surface area contributed by atoms with Crippen molar-refractivity contribution in [2.75, 3.05) is 32.1 Å². The van der Waals surface area contributed by atoms with E-state index in [2.05, 4.69) is 4.90 Å². The van der Waals surface area contributed by atoms with Gasteiger partial charge in [0, 0.05) is 10.7 Å². The molecule has 2 aromatic rings. The maximum atomic E-state index is 13.0. The first-order chi connectivity index (χ1) is 13.0. The zero-order chi connectivity index (χ0) is 20.7. The number of hydrogen-bond acceptors (Lipinski definition) is 4. The van der Waals surface area contributed by atoms with Crippen LogP contribution in [0.1, 0.15) is 30.4 Å². The van der Waals surface area contributed by atoms with Crippen molar-refractivity contribution in [2.24, 2.45) is 0 Å². The minimum absolute atomic E-state index is 0.0414. The third-order valence-electron chi connectivity index (χ3n) is 4.07. The summed E-state index contributed by atoms with van der Waals surface area (Å²) in [5.41, 5.74) is 1.33. The van der Waals surface area contributed by atoms with Gasteiger partial charge in [-0.05, 0) is 63.7 Å². The maximum absolute atomic E-state index is 13.0. The van der Waals surface area contributed by atoms with Crippen LogP contribution in [-0.2, 0) is 10.8 Å². The molecule has 0 radical (unpaired) electrons. The molecule has 4 nitrogen and oxygen atoms in total. The van der Waals surface area contributed by atoms with Gasteiger partial charge in [-0.3, -0.25) is 0 Å². The number of para-hydroxylation sites is 1. The number of anilines is 2. The highest BCUT2D eigenvalue weighted by Gasteiger charge is 2.28. The monoisotopic (exact) mass is 348 g/mol. The number of hydrogen-bond donors (Lipinski definition) is 1. The minimum Gasteiger partial charge on any atom is -0.389 e. The molecule has 2 aromatic carbocycles. The summed E-state index contributed by atoms with van der Waals surface area (Å²) in [6.45, 7) is -1.41. The van der Waals surface area contributed by atoms with Crippen LogP contribution in [0.3, 0.4) is 0 Å². The van der Waals surface area contributed by atoms with Crippen LogP contribution in [0.2, 0.25) is 0 Å². The molecular weight excluding hydrogens is 320 g/mol. The highest BCUT2D eigenvalue weighted by Crippen LogP contribution is 2.42. The summed E-state index contributed by atoms with van der Waals surface area (Å²) in [6, 6.07) is 11.8. The summed E-state index contributed by atoms with van der Waals surface area (Å²) < 4.78 is 43.5. The molecule has 3 rings (SSSR count). The molecule has 1 heterocycles. The molecule has 0 spiro atoms. The van der Waals surface area contributed by atoms with Crippen LogP contribution in [0.15, 0.2) is 52.3 Å². The highest BCUT2D eigenvalue weighted by atomic mass is 32.2. The predicted octanol–water partition coefficient (Wildman–Crippen LogP) is 3.31. The van der Waals surface area contributed by atoms with Gasteiger partial charge < -0.3 is 14.9 Å². The van der Waals surface area contributed by atoms with Gasteiger partial charge in [0.05, 0.1) is 39.4 Å². The van der Waals surface area contributed by atoms with Crippen LogP contribution >= 0.6 is 0 Å². The number of benzene rings is 2. The van der Waals surface area contributed by atoms with Gasteiger partial charge in [-0.25, -0.2) is 4.21 Å². The Labute approximate surface area is 151 Å². The summed E-state index contributed by atoms with van der Waals surface area (Å²) in [7, 11) is 2.56. The molecule has 1 N–H and O–H groups in total. The van der Waals surface area contributed by atoms with Crippen molar-refractivity contribution in [3.05, 3.63) is 48.0 Å². The molecule has 0 bridgehead atoms. The topological polar surface area (TPSA) is 43.8 Å². The Bertz CT molecular complexity index is 900. The van der Waals surface area contributed by atoms with Gasteiger partial charge in [0.15, 0.2) is 0 Å². The standard InChI is InChI=1S/C19H24N2O2S/c1-14(22)15-9-10-19-17(13-15)21(12-6-11-20(2)3)16-7-4-5-8-18(16)24(19)23/h4-5,7-10,13-14,22H,6,11-12H2,1-3H3/i1D3,14D. The fraction of sp³-hybridized carbons (Fsp3) is 0.368. The largest absolute Gasteiger partial charge is 0.389 e.